The molecule has 3 rings (SSSR count). The van der Waals surface area contributed by atoms with Crippen molar-refractivity contribution in [2.75, 3.05) is 48.0 Å². The molecule has 2 aromatic rings. The van der Waals surface area contributed by atoms with E-state index < -0.39 is 17.7 Å². The third-order valence-electron chi connectivity index (χ3n) is 6.17. The van der Waals surface area contributed by atoms with Crippen LogP contribution >= 0.6 is 0 Å². The predicted octanol–water partition coefficient (Wildman–Crippen LogP) is 4.26. The van der Waals surface area contributed by atoms with Crippen LogP contribution in [0, 0.1) is 0 Å². The first kappa shape index (κ1) is 27.1. The first-order chi connectivity index (χ1) is 17.3. The van der Waals surface area contributed by atoms with E-state index in [0.717, 1.165) is 19.4 Å². The zero-order valence-electron chi connectivity index (χ0n) is 21.7. The number of ether oxygens (including phenoxy) is 3. The Hall–Kier alpha value is -3.52. The summed E-state index contributed by atoms with van der Waals surface area (Å²) >= 11 is 0. The molecule has 0 bridgehead atoms. The number of methoxy groups -OCH3 is 2. The quantitative estimate of drug-likeness (QED) is 0.203. The Balaban J connectivity index is 2.08. The minimum atomic E-state index is -0.822. The number of hydrogen-bond donors (Lipinski definition) is 1. The van der Waals surface area contributed by atoms with Crippen molar-refractivity contribution in [2.45, 2.75) is 32.2 Å². The van der Waals surface area contributed by atoms with Gasteiger partial charge in [-0.3, -0.25) is 9.59 Å². The number of likely N-dealkylation sites (tertiary alicyclic amines) is 1. The number of carbonyl (C=O) groups excluding carboxylic acids is 2. The molecular weight excluding hydrogens is 460 g/mol. The highest BCUT2D eigenvalue weighted by Gasteiger charge is 2.47. The van der Waals surface area contributed by atoms with E-state index in [2.05, 4.69) is 6.92 Å². The molecule has 2 aromatic carbocycles. The van der Waals surface area contributed by atoms with Crippen molar-refractivity contribution >= 4 is 17.4 Å². The minimum absolute atomic E-state index is 0.0241. The number of ketones is 1. The van der Waals surface area contributed by atoms with Crippen molar-refractivity contribution in [3.8, 4) is 17.2 Å². The fourth-order valence-corrected chi connectivity index (χ4v) is 4.32. The SMILES string of the molecule is CCCCOc1ccc(/C(O)=C2\C(=O)C(=O)N(CCCN(C)C)[C@H]2c2cccc(OC)c2OC)cc1. The largest absolute Gasteiger partial charge is 0.507 e. The molecule has 0 aliphatic carbocycles. The van der Waals surface area contributed by atoms with Crippen LogP contribution in [0.5, 0.6) is 17.2 Å². The van der Waals surface area contributed by atoms with E-state index in [-0.39, 0.29) is 11.3 Å². The summed E-state index contributed by atoms with van der Waals surface area (Å²) in [6.45, 7) is 3.78. The van der Waals surface area contributed by atoms with Gasteiger partial charge in [0.1, 0.15) is 11.5 Å². The second kappa shape index (κ2) is 12.4. The number of hydrogen-bond acceptors (Lipinski definition) is 7. The van der Waals surface area contributed by atoms with Crippen LogP contribution in [0.15, 0.2) is 48.0 Å². The van der Waals surface area contributed by atoms with Crippen LogP contribution in [0.1, 0.15) is 43.4 Å². The molecule has 0 saturated carbocycles. The minimum Gasteiger partial charge on any atom is -0.507 e. The normalized spacial score (nSPS) is 17.1. The average molecular weight is 497 g/mol. The maximum Gasteiger partial charge on any atom is 0.295 e. The molecule has 1 aliphatic heterocycles. The predicted molar refractivity (Wildman–Crippen MR) is 139 cm³/mol. The van der Waals surface area contributed by atoms with Gasteiger partial charge in [-0.25, -0.2) is 0 Å². The van der Waals surface area contributed by atoms with Crippen molar-refractivity contribution in [1.29, 1.82) is 0 Å². The number of rotatable bonds is 12. The highest BCUT2D eigenvalue weighted by Crippen LogP contribution is 2.45. The molecule has 1 heterocycles. The molecule has 0 aromatic heterocycles. The molecule has 1 atom stereocenters. The Morgan fingerprint density at radius 3 is 2.36 bits per heavy atom. The Bertz CT molecular complexity index is 1090. The third-order valence-corrected chi connectivity index (χ3v) is 6.17. The van der Waals surface area contributed by atoms with Gasteiger partial charge < -0.3 is 29.1 Å². The summed E-state index contributed by atoms with van der Waals surface area (Å²) in [5, 5.41) is 11.3. The Labute approximate surface area is 213 Å². The molecule has 1 N–H and O–H groups in total. The lowest BCUT2D eigenvalue weighted by Gasteiger charge is -2.27. The van der Waals surface area contributed by atoms with E-state index in [1.807, 2.05) is 19.0 Å². The van der Waals surface area contributed by atoms with Crippen molar-refractivity contribution in [1.82, 2.24) is 9.80 Å². The molecule has 194 valence electrons. The fraction of sp³-hybridized carbons (Fsp3) is 0.429. The lowest BCUT2D eigenvalue weighted by Crippen LogP contribution is -2.32. The molecule has 8 nitrogen and oxygen atoms in total. The molecular formula is C28H36N2O6. The van der Waals surface area contributed by atoms with E-state index in [9.17, 15) is 14.7 Å². The molecule has 36 heavy (non-hydrogen) atoms. The first-order valence-corrected chi connectivity index (χ1v) is 12.2. The number of aliphatic hydroxyl groups is 1. The van der Waals surface area contributed by atoms with Gasteiger partial charge >= 0.3 is 0 Å². The van der Waals surface area contributed by atoms with Crippen molar-refractivity contribution in [2.24, 2.45) is 0 Å². The van der Waals surface area contributed by atoms with Crippen molar-refractivity contribution in [3.63, 3.8) is 0 Å². The maximum atomic E-state index is 13.3. The third kappa shape index (κ3) is 5.82. The monoisotopic (exact) mass is 496 g/mol. The van der Waals surface area contributed by atoms with E-state index in [1.54, 1.807) is 42.5 Å². The molecule has 0 unspecified atom stereocenters. The van der Waals surface area contributed by atoms with Gasteiger partial charge in [-0.1, -0.05) is 25.5 Å². The lowest BCUT2D eigenvalue weighted by atomic mass is 9.94. The van der Waals surface area contributed by atoms with Crippen LogP contribution in [-0.4, -0.2) is 74.6 Å². The standard InChI is InChI=1S/C28H36N2O6/c1-6-7-18-36-20-14-12-19(13-15-20)25(31)23-24(21-10-8-11-22(34-4)27(21)35-5)30(28(33)26(23)32)17-9-16-29(2)3/h8,10-15,24,31H,6-7,9,16-18H2,1-5H3/b25-23+/t24-/m0/s1. The van der Waals surface area contributed by atoms with Crippen LogP contribution in [0.4, 0.5) is 0 Å². The molecule has 8 heteroatoms. The van der Waals surface area contributed by atoms with Crippen molar-refractivity contribution in [3.05, 3.63) is 59.2 Å². The van der Waals surface area contributed by atoms with Gasteiger partial charge in [0.05, 0.1) is 32.4 Å². The van der Waals surface area contributed by atoms with Gasteiger partial charge in [0, 0.05) is 17.7 Å². The van der Waals surface area contributed by atoms with Crippen LogP contribution < -0.4 is 14.2 Å². The topological polar surface area (TPSA) is 88.5 Å². The molecule has 0 radical (unpaired) electrons. The van der Waals surface area contributed by atoms with Crippen LogP contribution in [-0.2, 0) is 9.59 Å². The molecule has 1 aliphatic rings. The number of aliphatic hydroxyl groups excluding tert-OH is 1. The summed E-state index contributed by atoms with van der Waals surface area (Å²) in [6.07, 6.45) is 2.63. The summed E-state index contributed by atoms with van der Waals surface area (Å²) in [4.78, 5) is 30.0. The summed E-state index contributed by atoms with van der Waals surface area (Å²) in [7, 11) is 6.94. The number of carbonyl (C=O) groups is 2. The zero-order valence-corrected chi connectivity index (χ0v) is 21.7. The van der Waals surface area contributed by atoms with Crippen molar-refractivity contribution < 1.29 is 28.9 Å². The maximum absolute atomic E-state index is 13.3. The summed E-state index contributed by atoms with van der Waals surface area (Å²) in [5.74, 6) is -0.0497. The van der Waals surface area contributed by atoms with E-state index >= 15 is 0 Å². The van der Waals surface area contributed by atoms with E-state index in [4.69, 9.17) is 14.2 Å². The summed E-state index contributed by atoms with van der Waals surface area (Å²) in [6, 6.07) is 11.4. The first-order valence-electron chi connectivity index (χ1n) is 12.2. The molecule has 1 fully saturated rings. The van der Waals surface area contributed by atoms with Gasteiger partial charge in [0.2, 0.25) is 0 Å². The number of unbranched alkanes of at least 4 members (excludes halogenated alkanes) is 1. The Morgan fingerprint density at radius 1 is 1.03 bits per heavy atom. The van der Waals surface area contributed by atoms with Crippen LogP contribution in [0.2, 0.25) is 0 Å². The molecule has 1 saturated heterocycles. The number of nitrogens with zero attached hydrogens (tertiary/aromatic N) is 2. The smallest absolute Gasteiger partial charge is 0.295 e. The number of amides is 1. The van der Waals surface area contributed by atoms with Crippen LogP contribution in [0.3, 0.4) is 0 Å². The Kier molecular flexibility index (Phi) is 9.36. The second-order valence-electron chi connectivity index (χ2n) is 8.96. The fourth-order valence-electron chi connectivity index (χ4n) is 4.32. The zero-order chi connectivity index (χ0) is 26.2. The number of Topliss-reactive ketones (excluding diaryl/α,β-unsaturated/α-hetero) is 1. The van der Waals surface area contributed by atoms with Crippen LogP contribution in [0.25, 0.3) is 5.76 Å². The number of benzene rings is 2. The Morgan fingerprint density at radius 2 is 1.75 bits per heavy atom. The average Bonchev–Trinajstić information content (AvgIpc) is 3.13. The van der Waals surface area contributed by atoms with Gasteiger partial charge in [0.25, 0.3) is 11.7 Å². The summed E-state index contributed by atoms with van der Waals surface area (Å²) < 4.78 is 16.8. The van der Waals surface area contributed by atoms with Gasteiger partial charge in [0.15, 0.2) is 11.5 Å². The highest BCUT2D eigenvalue weighted by molar-refractivity contribution is 6.46. The van der Waals surface area contributed by atoms with E-state index in [1.165, 1.54) is 19.1 Å². The second-order valence-corrected chi connectivity index (χ2v) is 8.96. The van der Waals surface area contributed by atoms with Gasteiger partial charge in [-0.2, -0.15) is 0 Å². The molecule has 1 amide bonds. The van der Waals surface area contributed by atoms with Gasteiger partial charge in [-0.15, -0.1) is 0 Å². The summed E-state index contributed by atoms with van der Waals surface area (Å²) in [5.41, 5.74) is 1.02. The number of para-hydroxylation sites is 1. The highest BCUT2D eigenvalue weighted by atomic mass is 16.5. The van der Waals surface area contributed by atoms with E-state index in [0.29, 0.717) is 47.9 Å². The molecule has 0 spiro atoms. The lowest BCUT2D eigenvalue weighted by molar-refractivity contribution is -0.140. The van der Waals surface area contributed by atoms with Gasteiger partial charge in [-0.05, 0) is 63.8 Å².